The molecule has 1 aliphatic rings. The van der Waals surface area contributed by atoms with Crippen LogP contribution in [0.15, 0.2) is 46.9 Å². The van der Waals surface area contributed by atoms with Crippen molar-refractivity contribution in [3.05, 3.63) is 59.5 Å². The van der Waals surface area contributed by atoms with Crippen LogP contribution in [0.25, 0.3) is 11.5 Å². The normalized spacial score (nSPS) is 12.8. The number of nitrogens with zero attached hydrogens (tertiary/aromatic N) is 2. The van der Waals surface area contributed by atoms with Crippen LogP contribution in [0.5, 0.6) is 11.5 Å². The summed E-state index contributed by atoms with van der Waals surface area (Å²) in [6, 6.07) is 13.8. The monoisotopic (exact) mass is 407 g/mol. The molecule has 1 N–H and O–H groups in total. The highest BCUT2D eigenvalue weighted by Crippen LogP contribution is 2.36. The Kier molecular flexibility index (Phi) is 5.44. The molecule has 0 atom stereocenters. The first-order valence-corrected chi connectivity index (χ1v) is 9.97. The second kappa shape index (κ2) is 8.18. The number of aryl methyl sites for hydroxylation is 2. The van der Waals surface area contributed by atoms with Gasteiger partial charge in [-0.25, -0.2) is 0 Å². The fourth-order valence-corrected chi connectivity index (χ4v) is 3.22. The van der Waals surface area contributed by atoms with E-state index in [-0.39, 0.29) is 24.5 Å². The highest BCUT2D eigenvalue weighted by Gasteiger charge is 2.24. The molecule has 0 bridgehead atoms. The maximum Gasteiger partial charge on any atom is 0.247 e. The lowest BCUT2D eigenvalue weighted by molar-refractivity contribution is -0.121. The number of hydrogen-bond donors (Lipinski definition) is 1. The molecule has 1 amide bonds. The molecular formula is C23H25N3O4. The summed E-state index contributed by atoms with van der Waals surface area (Å²) in [7, 11) is 0. The van der Waals surface area contributed by atoms with Gasteiger partial charge in [0.15, 0.2) is 11.5 Å². The molecule has 4 rings (SSSR count). The van der Waals surface area contributed by atoms with Gasteiger partial charge >= 0.3 is 0 Å². The van der Waals surface area contributed by atoms with Crippen LogP contribution >= 0.6 is 0 Å². The van der Waals surface area contributed by atoms with Crippen LogP contribution in [0.4, 0.5) is 0 Å². The number of benzene rings is 2. The van der Waals surface area contributed by atoms with Gasteiger partial charge in [0.05, 0.1) is 0 Å². The quantitative estimate of drug-likeness (QED) is 0.641. The SMILES string of the molecule is Cc1ccc(-c2nnc(CCC(=O)NCC(C)(C)c3ccc4c(c3)OCO4)o2)cc1. The number of fused-ring (bicyclic) bond motifs is 1. The highest BCUT2D eigenvalue weighted by molar-refractivity contribution is 5.76. The van der Waals surface area contributed by atoms with Crippen LogP contribution in [0.3, 0.4) is 0 Å². The molecule has 2 heterocycles. The van der Waals surface area contributed by atoms with Crippen LogP contribution < -0.4 is 14.8 Å². The number of hydrogen-bond acceptors (Lipinski definition) is 6. The minimum atomic E-state index is -0.250. The fraction of sp³-hybridized carbons (Fsp3) is 0.348. The molecular weight excluding hydrogens is 382 g/mol. The lowest BCUT2D eigenvalue weighted by atomic mass is 9.84. The van der Waals surface area contributed by atoms with Crippen molar-refractivity contribution >= 4 is 5.91 Å². The van der Waals surface area contributed by atoms with Gasteiger partial charge in [0.25, 0.3) is 0 Å². The van der Waals surface area contributed by atoms with Crippen LogP contribution in [0.1, 0.15) is 37.3 Å². The molecule has 3 aromatic rings. The molecule has 2 aromatic carbocycles. The van der Waals surface area contributed by atoms with E-state index in [9.17, 15) is 4.79 Å². The third-order valence-corrected chi connectivity index (χ3v) is 5.21. The van der Waals surface area contributed by atoms with Crippen molar-refractivity contribution < 1.29 is 18.7 Å². The first kappa shape index (κ1) is 19.9. The first-order chi connectivity index (χ1) is 14.4. The molecule has 0 aliphatic carbocycles. The third kappa shape index (κ3) is 4.45. The Morgan fingerprint density at radius 1 is 1.07 bits per heavy atom. The summed E-state index contributed by atoms with van der Waals surface area (Å²) >= 11 is 0. The Hall–Kier alpha value is -3.35. The van der Waals surface area contributed by atoms with E-state index in [1.807, 2.05) is 49.4 Å². The molecule has 0 radical (unpaired) electrons. The number of aromatic nitrogens is 2. The Balaban J connectivity index is 1.29. The van der Waals surface area contributed by atoms with Gasteiger partial charge in [-0.1, -0.05) is 37.6 Å². The standard InChI is InChI=1S/C23H25N3O4/c1-15-4-6-16(7-5-15)22-26-25-21(30-22)11-10-20(27)24-13-23(2,3)17-8-9-18-19(12-17)29-14-28-18/h4-9,12H,10-11,13-14H2,1-3H3,(H,24,27). The molecule has 1 aliphatic heterocycles. The molecule has 7 heteroatoms. The van der Waals surface area contributed by atoms with Crippen molar-refractivity contribution in [1.82, 2.24) is 15.5 Å². The van der Waals surface area contributed by atoms with Crippen molar-refractivity contribution in [2.24, 2.45) is 0 Å². The number of rotatable bonds is 7. The van der Waals surface area contributed by atoms with Crippen LogP contribution in [-0.2, 0) is 16.6 Å². The summed E-state index contributed by atoms with van der Waals surface area (Å²) in [6.45, 7) is 6.93. The van der Waals surface area contributed by atoms with Gasteiger partial charge in [0.1, 0.15) is 0 Å². The van der Waals surface area contributed by atoms with E-state index in [1.54, 1.807) is 0 Å². The molecule has 0 unspecified atom stereocenters. The van der Waals surface area contributed by atoms with Crippen LogP contribution in [-0.4, -0.2) is 29.4 Å². The van der Waals surface area contributed by atoms with E-state index in [1.165, 1.54) is 5.56 Å². The van der Waals surface area contributed by atoms with E-state index in [4.69, 9.17) is 13.9 Å². The summed E-state index contributed by atoms with van der Waals surface area (Å²) in [5.74, 6) is 2.36. The molecule has 7 nitrogen and oxygen atoms in total. The van der Waals surface area contributed by atoms with E-state index in [2.05, 4.69) is 29.4 Å². The molecule has 156 valence electrons. The highest BCUT2D eigenvalue weighted by atomic mass is 16.7. The Morgan fingerprint density at radius 3 is 2.63 bits per heavy atom. The topological polar surface area (TPSA) is 86.5 Å². The summed E-state index contributed by atoms with van der Waals surface area (Å²) in [5.41, 5.74) is 2.86. The lowest BCUT2D eigenvalue weighted by Gasteiger charge is -2.26. The first-order valence-electron chi connectivity index (χ1n) is 9.97. The number of ether oxygens (including phenoxy) is 2. The van der Waals surface area contributed by atoms with Gasteiger partial charge in [-0.05, 0) is 36.8 Å². The molecule has 0 saturated carbocycles. The minimum absolute atomic E-state index is 0.0566. The average Bonchev–Trinajstić information content (AvgIpc) is 3.40. The zero-order chi connectivity index (χ0) is 21.1. The van der Waals surface area contributed by atoms with Crippen molar-refractivity contribution in [3.63, 3.8) is 0 Å². The second-order valence-corrected chi connectivity index (χ2v) is 8.10. The fourth-order valence-electron chi connectivity index (χ4n) is 3.22. The van der Waals surface area contributed by atoms with E-state index in [0.29, 0.717) is 24.7 Å². The van der Waals surface area contributed by atoms with Gasteiger partial charge in [-0.15, -0.1) is 10.2 Å². The van der Waals surface area contributed by atoms with Gasteiger partial charge < -0.3 is 19.2 Å². The van der Waals surface area contributed by atoms with E-state index >= 15 is 0 Å². The summed E-state index contributed by atoms with van der Waals surface area (Å²) in [4.78, 5) is 12.4. The maximum atomic E-state index is 12.4. The van der Waals surface area contributed by atoms with Crippen LogP contribution in [0, 0.1) is 6.92 Å². The van der Waals surface area contributed by atoms with Crippen molar-refractivity contribution in [3.8, 4) is 23.0 Å². The maximum absolute atomic E-state index is 12.4. The van der Waals surface area contributed by atoms with Crippen molar-refractivity contribution in [2.45, 2.75) is 39.0 Å². The van der Waals surface area contributed by atoms with Crippen molar-refractivity contribution in [2.75, 3.05) is 13.3 Å². The van der Waals surface area contributed by atoms with E-state index in [0.717, 1.165) is 22.6 Å². The van der Waals surface area contributed by atoms with Crippen LogP contribution in [0.2, 0.25) is 0 Å². The number of amides is 1. The van der Waals surface area contributed by atoms with Gasteiger partial charge in [0.2, 0.25) is 24.5 Å². The second-order valence-electron chi connectivity index (χ2n) is 8.10. The summed E-state index contributed by atoms with van der Waals surface area (Å²) < 4.78 is 16.5. The predicted octanol–water partition coefficient (Wildman–Crippen LogP) is 3.80. The number of nitrogens with one attached hydrogen (secondary N) is 1. The van der Waals surface area contributed by atoms with E-state index < -0.39 is 0 Å². The minimum Gasteiger partial charge on any atom is -0.454 e. The Morgan fingerprint density at radius 2 is 1.83 bits per heavy atom. The lowest BCUT2D eigenvalue weighted by Crippen LogP contribution is -2.36. The van der Waals surface area contributed by atoms with Gasteiger partial charge in [-0.3, -0.25) is 4.79 Å². The molecule has 30 heavy (non-hydrogen) atoms. The van der Waals surface area contributed by atoms with Gasteiger partial charge in [-0.2, -0.15) is 0 Å². The molecule has 0 saturated heterocycles. The average molecular weight is 407 g/mol. The number of carbonyl (C=O) groups excluding carboxylic acids is 1. The predicted molar refractivity (Wildman–Crippen MR) is 111 cm³/mol. The number of carbonyl (C=O) groups is 1. The van der Waals surface area contributed by atoms with Gasteiger partial charge in [0, 0.05) is 30.4 Å². The Labute approximate surface area is 175 Å². The Bertz CT molecular complexity index is 1040. The summed E-state index contributed by atoms with van der Waals surface area (Å²) in [6.07, 6.45) is 0.682. The molecule has 0 fully saturated rings. The van der Waals surface area contributed by atoms with Crippen molar-refractivity contribution in [1.29, 1.82) is 0 Å². The molecule has 0 spiro atoms. The zero-order valence-corrected chi connectivity index (χ0v) is 17.4. The smallest absolute Gasteiger partial charge is 0.247 e. The largest absolute Gasteiger partial charge is 0.454 e. The molecule has 1 aromatic heterocycles. The third-order valence-electron chi connectivity index (χ3n) is 5.21. The summed E-state index contributed by atoms with van der Waals surface area (Å²) in [5, 5.41) is 11.1. The zero-order valence-electron chi connectivity index (χ0n) is 17.4.